The summed E-state index contributed by atoms with van der Waals surface area (Å²) < 4.78 is 7.07. The van der Waals surface area contributed by atoms with Crippen molar-refractivity contribution in [1.82, 2.24) is 20.1 Å². The third-order valence-corrected chi connectivity index (χ3v) is 3.81. The summed E-state index contributed by atoms with van der Waals surface area (Å²) in [5.41, 5.74) is 2.52. The summed E-state index contributed by atoms with van der Waals surface area (Å²) in [5, 5.41) is 7.32. The Morgan fingerprint density at radius 3 is 2.91 bits per heavy atom. The van der Waals surface area contributed by atoms with Gasteiger partial charge in [-0.1, -0.05) is 0 Å². The molecule has 0 unspecified atom stereocenters. The Labute approximate surface area is 129 Å². The van der Waals surface area contributed by atoms with Crippen molar-refractivity contribution in [2.75, 3.05) is 19.8 Å². The summed E-state index contributed by atoms with van der Waals surface area (Å²) in [5.74, 6) is 1.04. The van der Waals surface area contributed by atoms with Gasteiger partial charge < -0.3 is 10.1 Å². The molecule has 0 bridgehead atoms. The molecule has 1 aliphatic rings. The van der Waals surface area contributed by atoms with Crippen molar-refractivity contribution in [3.8, 4) is 5.82 Å². The van der Waals surface area contributed by atoms with Crippen LogP contribution in [0.3, 0.4) is 0 Å². The van der Waals surface area contributed by atoms with Crippen molar-refractivity contribution in [3.05, 3.63) is 41.3 Å². The zero-order valence-electron chi connectivity index (χ0n) is 12.9. The maximum atomic E-state index is 12.1. The summed E-state index contributed by atoms with van der Waals surface area (Å²) in [7, 11) is 0. The molecule has 2 aromatic rings. The van der Waals surface area contributed by atoms with Crippen LogP contribution in [-0.4, -0.2) is 40.4 Å². The van der Waals surface area contributed by atoms with Crippen molar-refractivity contribution in [2.45, 2.75) is 20.3 Å². The number of aryl methyl sites for hydroxylation is 2. The lowest BCUT2D eigenvalue weighted by Gasteiger charge is -2.10. The minimum atomic E-state index is -0.0979. The van der Waals surface area contributed by atoms with Crippen molar-refractivity contribution in [1.29, 1.82) is 0 Å². The first kappa shape index (κ1) is 14.7. The van der Waals surface area contributed by atoms with Crippen LogP contribution in [0.2, 0.25) is 0 Å². The molecule has 0 saturated carbocycles. The van der Waals surface area contributed by atoms with E-state index in [2.05, 4.69) is 15.4 Å². The van der Waals surface area contributed by atoms with E-state index in [1.54, 1.807) is 16.9 Å². The average Bonchev–Trinajstić information content (AvgIpc) is 3.14. The second kappa shape index (κ2) is 6.27. The molecular weight excluding hydrogens is 280 g/mol. The summed E-state index contributed by atoms with van der Waals surface area (Å²) in [6.07, 6.45) is 2.60. The number of carbonyl (C=O) groups is 1. The Morgan fingerprint density at radius 1 is 1.45 bits per heavy atom. The second-order valence-corrected chi connectivity index (χ2v) is 5.68. The van der Waals surface area contributed by atoms with Crippen LogP contribution in [0.1, 0.15) is 28.2 Å². The smallest absolute Gasteiger partial charge is 0.252 e. The molecule has 0 radical (unpaired) electrons. The number of ether oxygens (including phenoxy) is 1. The molecule has 6 nitrogen and oxygen atoms in total. The van der Waals surface area contributed by atoms with E-state index in [1.807, 2.05) is 26.0 Å². The number of aromatic nitrogens is 3. The highest BCUT2D eigenvalue weighted by Gasteiger charge is 2.17. The third-order valence-electron chi connectivity index (χ3n) is 3.81. The van der Waals surface area contributed by atoms with Gasteiger partial charge in [-0.15, -0.1) is 0 Å². The minimum Gasteiger partial charge on any atom is -0.381 e. The van der Waals surface area contributed by atoms with E-state index in [4.69, 9.17) is 4.74 Å². The topological polar surface area (TPSA) is 69.0 Å². The lowest BCUT2D eigenvalue weighted by atomic mass is 10.1. The van der Waals surface area contributed by atoms with Crippen LogP contribution in [-0.2, 0) is 4.74 Å². The molecule has 2 aromatic heterocycles. The standard InChI is InChI=1S/C16H20N4O2/c1-11-7-12(2)20(19-11)15-4-3-14(9-17-15)16(21)18-8-13-5-6-22-10-13/h3-4,7,9,13H,5-6,8,10H2,1-2H3,(H,18,21)/t13-/m1/s1. The molecule has 1 saturated heterocycles. The van der Waals surface area contributed by atoms with E-state index in [9.17, 15) is 4.79 Å². The highest BCUT2D eigenvalue weighted by atomic mass is 16.5. The Morgan fingerprint density at radius 2 is 2.32 bits per heavy atom. The molecule has 1 aliphatic heterocycles. The number of rotatable bonds is 4. The van der Waals surface area contributed by atoms with Crippen LogP contribution in [0.4, 0.5) is 0 Å². The lowest BCUT2D eigenvalue weighted by Crippen LogP contribution is -2.29. The molecule has 116 valence electrons. The predicted molar refractivity (Wildman–Crippen MR) is 82.1 cm³/mol. The SMILES string of the molecule is Cc1cc(C)n(-c2ccc(C(=O)NC[C@H]3CCOC3)cn2)n1. The van der Waals surface area contributed by atoms with Gasteiger partial charge in [0.1, 0.15) is 0 Å². The van der Waals surface area contributed by atoms with E-state index in [0.29, 0.717) is 23.8 Å². The molecule has 3 rings (SSSR count). The second-order valence-electron chi connectivity index (χ2n) is 5.68. The molecule has 0 aromatic carbocycles. The van der Waals surface area contributed by atoms with E-state index in [-0.39, 0.29) is 5.91 Å². The van der Waals surface area contributed by atoms with Gasteiger partial charge >= 0.3 is 0 Å². The van der Waals surface area contributed by atoms with Crippen molar-refractivity contribution >= 4 is 5.91 Å². The Bertz CT molecular complexity index is 657. The fraction of sp³-hybridized carbons (Fsp3) is 0.438. The monoisotopic (exact) mass is 300 g/mol. The van der Waals surface area contributed by atoms with Crippen molar-refractivity contribution < 1.29 is 9.53 Å². The highest BCUT2D eigenvalue weighted by molar-refractivity contribution is 5.93. The van der Waals surface area contributed by atoms with Gasteiger partial charge in [0, 0.05) is 31.0 Å². The van der Waals surface area contributed by atoms with E-state index in [1.165, 1.54) is 0 Å². The molecule has 1 fully saturated rings. The van der Waals surface area contributed by atoms with Gasteiger partial charge in [-0.2, -0.15) is 5.10 Å². The highest BCUT2D eigenvalue weighted by Crippen LogP contribution is 2.12. The number of nitrogens with zero attached hydrogens (tertiary/aromatic N) is 3. The number of nitrogens with one attached hydrogen (secondary N) is 1. The van der Waals surface area contributed by atoms with E-state index >= 15 is 0 Å². The van der Waals surface area contributed by atoms with E-state index in [0.717, 1.165) is 31.0 Å². The van der Waals surface area contributed by atoms with Crippen LogP contribution in [0.15, 0.2) is 24.4 Å². The molecule has 6 heteroatoms. The summed E-state index contributed by atoms with van der Waals surface area (Å²) >= 11 is 0. The first-order valence-electron chi connectivity index (χ1n) is 7.49. The van der Waals surface area contributed by atoms with Crippen LogP contribution < -0.4 is 5.32 Å². The maximum Gasteiger partial charge on any atom is 0.252 e. The minimum absolute atomic E-state index is 0.0979. The zero-order chi connectivity index (χ0) is 15.5. The van der Waals surface area contributed by atoms with Gasteiger partial charge in [-0.25, -0.2) is 9.67 Å². The van der Waals surface area contributed by atoms with Gasteiger partial charge in [0.25, 0.3) is 5.91 Å². The molecule has 1 amide bonds. The van der Waals surface area contributed by atoms with Gasteiger partial charge in [-0.3, -0.25) is 4.79 Å². The Kier molecular flexibility index (Phi) is 4.20. The fourth-order valence-electron chi connectivity index (χ4n) is 2.59. The van der Waals surface area contributed by atoms with E-state index < -0.39 is 0 Å². The fourth-order valence-corrected chi connectivity index (χ4v) is 2.59. The summed E-state index contributed by atoms with van der Waals surface area (Å²) in [4.78, 5) is 16.4. The van der Waals surface area contributed by atoms with Crippen molar-refractivity contribution in [2.24, 2.45) is 5.92 Å². The molecule has 3 heterocycles. The largest absolute Gasteiger partial charge is 0.381 e. The zero-order valence-corrected chi connectivity index (χ0v) is 12.9. The number of hydrogen-bond donors (Lipinski definition) is 1. The molecule has 22 heavy (non-hydrogen) atoms. The first-order chi connectivity index (χ1) is 10.6. The van der Waals surface area contributed by atoms with Crippen LogP contribution in [0, 0.1) is 19.8 Å². The molecule has 1 atom stereocenters. The summed E-state index contributed by atoms with van der Waals surface area (Å²) in [6, 6.07) is 5.58. The van der Waals surface area contributed by atoms with Crippen LogP contribution in [0.25, 0.3) is 5.82 Å². The molecule has 0 spiro atoms. The summed E-state index contributed by atoms with van der Waals surface area (Å²) in [6.45, 7) is 6.09. The molecule has 0 aliphatic carbocycles. The van der Waals surface area contributed by atoms with Gasteiger partial charge in [0.15, 0.2) is 5.82 Å². The Balaban J connectivity index is 1.65. The average molecular weight is 300 g/mol. The third kappa shape index (κ3) is 3.17. The van der Waals surface area contributed by atoms with Crippen molar-refractivity contribution in [3.63, 3.8) is 0 Å². The van der Waals surface area contributed by atoms with Gasteiger partial charge in [0.05, 0.1) is 17.9 Å². The van der Waals surface area contributed by atoms with Crippen LogP contribution >= 0.6 is 0 Å². The number of carbonyl (C=O) groups excluding carboxylic acids is 1. The normalized spacial score (nSPS) is 17.6. The number of amides is 1. The van der Waals surface area contributed by atoms with Gasteiger partial charge in [0.2, 0.25) is 0 Å². The van der Waals surface area contributed by atoms with Gasteiger partial charge in [-0.05, 0) is 38.5 Å². The predicted octanol–water partition coefficient (Wildman–Crippen LogP) is 1.65. The molecule has 1 N–H and O–H groups in total. The van der Waals surface area contributed by atoms with Crippen LogP contribution in [0.5, 0.6) is 0 Å². The Hall–Kier alpha value is -2.21. The number of hydrogen-bond acceptors (Lipinski definition) is 4. The quantitative estimate of drug-likeness (QED) is 0.932. The lowest BCUT2D eigenvalue weighted by molar-refractivity contribution is 0.0944. The maximum absolute atomic E-state index is 12.1. The first-order valence-corrected chi connectivity index (χ1v) is 7.49. The number of pyridine rings is 1. The molecular formula is C16H20N4O2.